The molecule has 0 saturated heterocycles. The smallest absolute Gasteiger partial charge is 0.265 e. The van der Waals surface area contributed by atoms with E-state index < -0.39 is 0 Å². The number of nitrogens with zero attached hydrogens (tertiary/aromatic N) is 1. The molecule has 7 heteroatoms. The summed E-state index contributed by atoms with van der Waals surface area (Å²) in [5.74, 6) is 0.491. The second-order valence-corrected chi connectivity index (χ2v) is 9.33. The van der Waals surface area contributed by atoms with Crippen molar-refractivity contribution in [3.63, 3.8) is 0 Å². The summed E-state index contributed by atoms with van der Waals surface area (Å²) in [6.07, 6.45) is 5.01. The third kappa shape index (κ3) is 7.57. The van der Waals surface area contributed by atoms with Crippen LogP contribution in [-0.4, -0.2) is 17.9 Å². The monoisotopic (exact) mass is 506 g/mol. The molecule has 5 nitrogen and oxygen atoms in total. The Morgan fingerprint density at radius 3 is 2.66 bits per heavy atom. The zero-order valence-corrected chi connectivity index (χ0v) is 21.8. The first kappa shape index (κ1) is 26.3. The van der Waals surface area contributed by atoms with Gasteiger partial charge < -0.3 is 16.0 Å². The summed E-state index contributed by atoms with van der Waals surface area (Å²) < 4.78 is 0. The van der Waals surface area contributed by atoms with E-state index in [1.165, 1.54) is 16.9 Å². The van der Waals surface area contributed by atoms with Crippen molar-refractivity contribution in [1.29, 1.82) is 0 Å². The summed E-state index contributed by atoms with van der Waals surface area (Å²) in [7, 11) is 0. The lowest BCUT2D eigenvalue weighted by atomic mass is 10.0. The largest absolute Gasteiger partial charge is 0.364 e. The van der Waals surface area contributed by atoms with E-state index in [1.54, 1.807) is 6.08 Å². The molecule has 1 aliphatic heterocycles. The Bertz CT molecular complexity index is 1220. The van der Waals surface area contributed by atoms with Crippen molar-refractivity contribution in [2.75, 3.05) is 16.0 Å². The van der Waals surface area contributed by atoms with Crippen LogP contribution in [0.4, 0.5) is 17.1 Å². The predicted octanol–water partition coefficient (Wildman–Crippen LogP) is 7.70. The topological polar surface area (TPSA) is 65.5 Å². The number of allylic oxidation sites excluding steroid dienone is 2. The van der Waals surface area contributed by atoms with Gasteiger partial charge in [0.15, 0.2) is 0 Å². The van der Waals surface area contributed by atoms with E-state index in [1.807, 2.05) is 68.6 Å². The number of benzene rings is 2. The fourth-order valence-electron chi connectivity index (χ4n) is 3.58. The van der Waals surface area contributed by atoms with Gasteiger partial charge in [-0.15, -0.1) is 17.9 Å². The van der Waals surface area contributed by atoms with E-state index in [9.17, 15) is 4.79 Å². The number of hydrogen-bond donors (Lipinski definition) is 3. The molecule has 1 aromatic heterocycles. The number of rotatable bonds is 3. The number of fused-ring (bicyclic) bond motifs is 4. The van der Waals surface area contributed by atoms with Gasteiger partial charge in [0.25, 0.3) is 5.91 Å². The molecule has 3 N–H and O–H groups in total. The first-order valence-electron chi connectivity index (χ1n) is 11.5. The van der Waals surface area contributed by atoms with Crippen molar-refractivity contribution >= 4 is 51.7 Å². The lowest BCUT2D eigenvalue weighted by Crippen LogP contribution is -2.20. The number of anilines is 3. The minimum Gasteiger partial charge on any atom is -0.364 e. The molecule has 1 aliphatic rings. The highest BCUT2D eigenvalue weighted by atomic mass is 35.5. The lowest BCUT2D eigenvalue weighted by Gasteiger charge is -2.16. The van der Waals surface area contributed by atoms with Crippen molar-refractivity contribution in [2.24, 2.45) is 4.99 Å². The molecule has 4 bridgehead atoms. The van der Waals surface area contributed by atoms with Crippen molar-refractivity contribution in [2.45, 2.75) is 39.8 Å². The second-order valence-electron chi connectivity index (χ2n) is 7.97. The number of hydrogen-bond acceptors (Lipinski definition) is 5. The van der Waals surface area contributed by atoms with Crippen molar-refractivity contribution in [3.8, 4) is 0 Å². The van der Waals surface area contributed by atoms with Gasteiger partial charge in [0.05, 0.1) is 9.91 Å². The zero-order chi connectivity index (χ0) is 25.2. The number of amides is 1. The third-order valence-electron chi connectivity index (χ3n) is 5.15. The van der Waals surface area contributed by atoms with E-state index in [0.717, 1.165) is 35.5 Å². The number of carbonyl (C=O) groups is 1. The van der Waals surface area contributed by atoms with E-state index in [2.05, 4.69) is 40.7 Å². The normalized spacial score (nSPS) is 16.9. The van der Waals surface area contributed by atoms with Gasteiger partial charge in [-0.05, 0) is 86.5 Å². The molecule has 0 saturated carbocycles. The van der Waals surface area contributed by atoms with Gasteiger partial charge in [0.1, 0.15) is 12.0 Å². The number of halogens is 1. The number of nitrogens with one attached hydrogen (secondary N) is 3. The number of amidine groups is 1. The zero-order valence-electron chi connectivity index (χ0n) is 20.3. The minimum absolute atomic E-state index is 0.0980. The summed E-state index contributed by atoms with van der Waals surface area (Å²) in [4.78, 5) is 18.1. The quantitative estimate of drug-likeness (QED) is 0.319. The second kappa shape index (κ2) is 12.9. The Labute approximate surface area is 216 Å². The summed E-state index contributed by atoms with van der Waals surface area (Å²) in [5, 5.41) is 12.3. The van der Waals surface area contributed by atoms with Gasteiger partial charge in [0.2, 0.25) is 0 Å². The highest BCUT2D eigenvalue weighted by Gasteiger charge is 2.14. The van der Waals surface area contributed by atoms with Crippen LogP contribution in [0.15, 0.2) is 88.7 Å². The van der Waals surface area contributed by atoms with Crippen LogP contribution in [0.1, 0.15) is 41.6 Å². The average molecular weight is 507 g/mol. The fourth-order valence-corrected chi connectivity index (χ4v) is 4.30. The van der Waals surface area contributed by atoms with Crippen molar-refractivity contribution in [3.05, 3.63) is 99.7 Å². The summed E-state index contributed by atoms with van der Waals surface area (Å²) in [5.41, 5.74) is 4.94. The average Bonchev–Trinajstić information content (AvgIpc) is 3.38. The number of aryl methyl sites for hydroxylation is 2. The molecule has 0 radical (unpaired) electrons. The maximum atomic E-state index is 12.7. The molecule has 0 spiro atoms. The molecule has 2 aromatic carbocycles. The molecule has 1 unspecified atom stereocenters. The first-order valence-corrected chi connectivity index (χ1v) is 12.8. The van der Waals surface area contributed by atoms with Gasteiger partial charge in [0, 0.05) is 17.1 Å². The number of thiophene rings is 1. The molecule has 2 heterocycles. The third-order valence-corrected chi connectivity index (χ3v) is 6.41. The van der Waals surface area contributed by atoms with Crippen LogP contribution in [0.25, 0.3) is 0 Å². The Kier molecular flexibility index (Phi) is 9.70. The SMILES string of the molecule is C/C=C(Cl)\C1=N/C(C)Nc2cccc(c2)CCc2cc(ccc2NC(=O)c2cccs2)N1.C=CC. The van der Waals surface area contributed by atoms with Crippen LogP contribution in [0, 0.1) is 0 Å². The Morgan fingerprint density at radius 2 is 1.94 bits per heavy atom. The maximum absolute atomic E-state index is 12.7. The molecule has 4 rings (SSSR count). The number of aliphatic imine (C=N–C) groups is 1. The van der Waals surface area contributed by atoms with Gasteiger partial charge in [-0.1, -0.05) is 42.0 Å². The lowest BCUT2D eigenvalue weighted by molar-refractivity contribution is 0.103. The van der Waals surface area contributed by atoms with Crippen molar-refractivity contribution in [1.82, 2.24) is 0 Å². The van der Waals surface area contributed by atoms with Crippen LogP contribution in [0.5, 0.6) is 0 Å². The maximum Gasteiger partial charge on any atom is 0.265 e. The fraction of sp³-hybridized carbons (Fsp3) is 0.214. The van der Waals surface area contributed by atoms with Crippen LogP contribution < -0.4 is 16.0 Å². The highest BCUT2D eigenvalue weighted by Crippen LogP contribution is 2.26. The molecular formula is C28H31ClN4OS. The van der Waals surface area contributed by atoms with Gasteiger partial charge >= 0.3 is 0 Å². The molecule has 182 valence electrons. The summed E-state index contributed by atoms with van der Waals surface area (Å²) >= 11 is 7.88. The standard InChI is InChI=1S/C25H25ClN4OS.C3H6/c1-3-21(26)24-28-16(2)27-19-7-4-6-17(14-19)9-10-18-15-20(29-24)11-12-22(18)30-25(31)23-8-5-13-32-23;1-3-2/h3-8,11-16,27H,9-10H2,1-2H3,(H,28,29)(H,30,31);3H,1H2,2H3/b21-3+;. The highest BCUT2D eigenvalue weighted by molar-refractivity contribution is 7.12. The first-order chi connectivity index (χ1) is 16.9. The van der Waals surface area contributed by atoms with Gasteiger partial charge in [-0.25, -0.2) is 4.99 Å². The molecule has 3 aromatic rings. The van der Waals surface area contributed by atoms with Crippen molar-refractivity contribution < 1.29 is 4.79 Å². The van der Waals surface area contributed by atoms with E-state index in [0.29, 0.717) is 15.7 Å². The summed E-state index contributed by atoms with van der Waals surface area (Å²) in [6.45, 7) is 9.12. The minimum atomic E-state index is -0.175. The predicted molar refractivity (Wildman–Crippen MR) is 152 cm³/mol. The molecule has 1 amide bonds. The van der Waals surface area contributed by atoms with Gasteiger partial charge in [-0.3, -0.25) is 4.79 Å². The Hall–Kier alpha value is -3.35. The van der Waals surface area contributed by atoms with Crippen LogP contribution in [-0.2, 0) is 12.8 Å². The van der Waals surface area contributed by atoms with Crippen LogP contribution >= 0.6 is 22.9 Å². The van der Waals surface area contributed by atoms with E-state index >= 15 is 0 Å². The van der Waals surface area contributed by atoms with Gasteiger partial charge in [-0.2, -0.15) is 0 Å². The molecule has 0 fully saturated rings. The molecular weight excluding hydrogens is 476 g/mol. The van der Waals surface area contributed by atoms with Crippen LogP contribution in [0.3, 0.4) is 0 Å². The Morgan fingerprint density at radius 1 is 1.14 bits per heavy atom. The van der Waals surface area contributed by atoms with E-state index in [-0.39, 0.29) is 12.1 Å². The number of carbonyl (C=O) groups excluding carboxylic acids is 1. The molecule has 1 atom stereocenters. The summed E-state index contributed by atoms with van der Waals surface area (Å²) in [6, 6.07) is 18.0. The Balaban J connectivity index is 0.00000108. The molecule has 35 heavy (non-hydrogen) atoms. The molecule has 0 aliphatic carbocycles. The van der Waals surface area contributed by atoms with Crippen LogP contribution in [0.2, 0.25) is 0 Å². The van der Waals surface area contributed by atoms with E-state index in [4.69, 9.17) is 16.6 Å².